The highest BCUT2D eigenvalue weighted by molar-refractivity contribution is 5.14. The summed E-state index contributed by atoms with van der Waals surface area (Å²) in [5.74, 6) is 1.51. The standard InChI is InChI=1S/C23H36N6/c1-19(2)22(28-17-15-27(16-18-28)21-11-7-4-8-12-21)23-24-25-26-29(23)14-13-20-9-5-3-6-10-20/h3,5-6,9-10,19,21-22H,4,7-8,11-18H2,1-2H3. The molecule has 1 aromatic heterocycles. The number of benzene rings is 1. The number of rotatable bonds is 7. The van der Waals surface area contributed by atoms with E-state index < -0.39 is 0 Å². The van der Waals surface area contributed by atoms with Crippen molar-refractivity contribution in [3.8, 4) is 0 Å². The minimum Gasteiger partial charge on any atom is -0.298 e. The lowest BCUT2D eigenvalue weighted by molar-refractivity contribution is 0.0393. The molecule has 0 spiro atoms. The van der Waals surface area contributed by atoms with Crippen molar-refractivity contribution < 1.29 is 0 Å². The first-order valence-corrected chi connectivity index (χ1v) is 11.5. The van der Waals surface area contributed by atoms with Gasteiger partial charge >= 0.3 is 0 Å². The van der Waals surface area contributed by atoms with E-state index >= 15 is 0 Å². The van der Waals surface area contributed by atoms with Gasteiger partial charge in [-0.1, -0.05) is 63.4 Å². The molecule has 29 heavy (non-hydrogen) atoms. The van der Waals surface area contributed by atoms with Crippen LogP contribution in [-0.2, 0) is 13.0 Å². The Balaban J connectivity index is 1.40. The van der Waals surface area contributed by atoms with Gasteiger partial charge in [-0.2, -0.15) is 0 Å². The first-order valence-electron chi connectivity index (χ1n) is 11.5. The molecule has 1 atom stereocenters. The van der Waals surface area contributed by atoms with Gasteiger partial charge in [0.2, 0.25) is 0 Å². The lowest BCUT2D eigenvalue weighted by atomic mass is 9.93. The number of hydrogen-bond donors (Lipinski definition) is 0. The zero-order chi connectivity index (χ0) is 20.1. The van der Waals surface area contributed by atoms with Gasteiger partial charge in [-0.05, 0) is 41.2 Å². The molecule has 1 aliphatic heterocycles. The van der Waals surface area contributed by atoms with Gasteiger partial charge in [0.15, 0.2) is 5.82 Å². The molecule has 6 nitrogen and oxygen atoms in total. The van der Waals surface area contributed by atoms with Gasteiger partial charge in [0.05, 0.1) is 6.04 Å². The van der Waals surface area contributed by atoms with Crippen LogP contribution in [0.5, 0.6) is 0 Å². The predicted molar refractivity (Wildman–Crippen MR) is 116 cm³/mol. The fourth-order valence-electron chi connectivity index (χ4n) is 5.17. The normalized spacial score (nSPS) is 20.9. The maximum Gasteiger partial charge on any atom is 0.168 e. The Hall–Kier alpha value is -1.79. The van der Waals surface area contributed by atoms with E-state index in [1.807, 2.05) is 4.68 Å². The summed E-state index contributed by atoms with van der Waals surface area (Å²) in [5, 5.41) is 12.9. The van der Waals surface area contributed by atoms with Crippen LogP contribution in [0.1, 0.15) is 63.4 Å². The molecule has 1 saturated carbocycles. The van der Waals surface area contributed by atoms with Crippen LogP contribution in [0.15, 0.2) is 30.3 Å². The summed E-state index contributed by atoms with van der Waals surface area (Å²) in [5.41, 5.74) is 1.33. The molecule has 0 N–H and O–H groups in total. The molecule has 1 unspecified atom stereocenters. The number of aryl methyl sites for hydroxylation is 2. The summed E-state index contributed by atoms with van der Waals surface area (Å²) in [6.45, 7) is 10.0. The Labute approximate surface area is 175 Å². The lowest BCUT2D eigenvalue weighted by Gasteiger charge is -2.43. The van der Waals surface area contributed by atoms with Crippen LogP contribution >= 0.6 is 0 Å². The predicted octanol–water partition coefficient (Wildman–Crippen LogP) is 3.56. The summed E-state index contributed by atoms with van der Waals surface area (Å²) >= 11 is 0. The molecular formula is C23H36N6. The molecular weight excluding hydrogens is 360 g/mol. The van der Waals surface area contributed by atoms with Gasteiger partial charge in [0.1, 0.15) is 0 Å². The lowest BCUT2D eigenvalue weighted by Crippen LogP contribution is -2.52. The molecule has 2 heterocycles. The molecule has 6 heteroatoms. The fourth-order valence-corrected chi connectivity index (χ4v) is 5.17. The zero-order valence-electron chi connectivity index (χ0n) is 18.1. The number of nitrogens with zero attached hydrogens (tertiary/aromatic N) is 6. The SMILES string of the molecule is CC(C)C(c1nnnn1CCc1ccccc1)N1CCN(C2CCCCC2)CC1. The number of tetrazole rings is 1. The average Bonchev–Trinajstić information content (AvgIpc) is 3.22. The molecule has 0 radical (unpaired) electrons. The number of hydrogen-bond acceptors (Lipinski definition) is 5. The smallest absolute Gasteiger partial charge is 0.168 e. The van der Waals surface area contributed by atoms with Gasteiger partial charge in [0.25, 0.3) is 0 Å². The molecule has 4 rings (SSSR count). The van der Waals surface area contributed by atoms with Gasteiger partial charge in [0, 0.05) is 38.8 Å². The third-order valence-electron chi connectivity index (χ3n) is 6.74. The third kappa shape index (κ3) is 5.04. The Bertz CT molecular complexity index is 729. The van der Waals surface area contributed by atoms with Crippen molar-refractivity contribution in [3.63, 3.8) is 0 Å². The van der Waals surface area contributed by atoms with Crippen molar-refractivity contribution in [1.82, 2.24) is 30.0 Å². The van der Waals surface area contributed by atoms with Crippen LogP contribution in [0.25, 0.3) is 0 Å². The maximum atomic E-state index is 4.48. The van der Waals surface area contributed by atoms with Crippen LogP contribution < -0.4 is 0 Å². The Kier molecular flexibility index (Phi) is 6.93. The van der Waals surface area contributed by atoms with Gasteiger partial charge < -0.3 is 0 Å². The van der Waals surface area contributed by atoms with Crippen molar-refractivity contribution >= 4 is 0 Å². The maximum absolute atomic E-state index is 4.48. The van der Waals surface area contributed by atoms with E-state index in [1.54, 1.807) is 0 Å². The Morgan fingerprint density at radius 2 is 1.69 bits per heavy atom. The summed E-state index contributed by atoms with van der Waals surface area (Å²) < 4.78 is 2.03. The van der Waals surface area contributed by atoms with Crippen LogP contribution in [0.4, 0.5) is 0 Å². The Morgan fingerprint density at radius 1 is 0.966 bits per heavy atom. The van der Waals surface area contributed by atoms with Gasteiger partial charge in [-0.25, -0.2) is 4.68 Å². The minimum absolute atomic E-state index is 0.286. The molecule has 1 aliphatic carbocycles. The molecule has 0 amide bonds. The van der Waals surface area contributed by atoms with Crippen molar-refractivity contribution in [2.75, 3.05) is 26.2 Å². The summed E-state index contributed by atoms with van der Waals surface area (Å²) in [6, 6.07) is 11.7. The van der Waals surface area contributed by atoms with Crippen LogP contribution in [0.3, 0.4) is 0 Å². The van der Waals surface area contributed by atoms with Gasteiger partial charge in [-0.3, -0.25) is 9.80 Å². The monoisotopic (exact) mass is 396 g/mol. The fraction of sp³-hybridized carbons (Fsp3) is 0.696. The molecule has 0 bridgehead atoms. The first-order chi connectivity index (χ1) is 14.2. The average molecular weight is 397 g/mol. The zero-order valence-corrected chi connectivity index (χ0v) is 18.1. The van der Waals surface area contributed by atoms with E-state index in [0.29, 0.717) is 5.92 Å². The van der Waals surface area contributed by atoms with Crippen molar-refractivity contribution in [2.45, 2.75) is 71.0 Å². The summed E-state index contributed by atoms with van der Waals surface area (Å²) in [4.78, 5) is 5.36. The van der Waals surface area contributed by atoms with Crippen LogP contribution in [0, 0.1) is 5.92 Å². The van der Waals surface area contributed by atoms with Crippen molar-refractivity contribution in [1.29, 1.82) is 0 Å². The second-order valence-electron chi connectivity index (χ2n) is 9.05. The highest BCUT2D eigenvalue weighted by atomic mass is 15.6. The van der Waals surface area contributed by atoms with Crippen molar-refractivity contribution in [2.24, 2.45) is 5.92 Å². The molecule has 1 aromatic carbocycles. The summed E-state index contributed by atoms with van der Waals surface area (Å²) in [6.07, 6.45) is 8.00. The van der Waals surface area contributed by atoms with E-state index in [9.17, 15) is 0 Å². The molecule has 2 aromatic rings. The highest BCUT2D eigenvalue weighted by Crippen LogP contribution is 2.30. The minimum atomic E-state index is 0.286. The quantitative estimate of drug-likeness (QED) is 0.716. The molecule has 2 fully saturated rings. The van der Waals surface area contributed by atoms with E-state index in [-0.39, 0.29) is 6.04 Å². The first kappa shape index (κ1) is 20.5. The number of piperazine rings is 1. The van der Waals surface area contributed by atoms with Crippen LogP contribution in [0.2, 0.25) is 0 Å². The molecule has 2 aliphatic rings. The largest absolute Gasteiger partial charge is 0.298 e. The van der Waals surface area contributed by atoms with Crippen LogP contribution in [-0.4, -0.2) is 62.2 Å². The molecule has 1 saturated heterocycles. The second-order valence-corrected chi connectivity index (χ2v) is 9.05. The summed E-state index contributed by atoms with van der Waals surface area (Å²) in [7, 11) is 0. The number of aromatic nitrogens is 4. The topological polar surface area (TPSA) is 50.1 Å². The van der Waals surface area contributed by atoms with Crippen molar-refractivity contribution in [3.05, 3.63) is 41.7 Å². The van der Waals surface area contributed by atoms with E-state index in [2.05, 4.69) is 69.5 Å². The second kappa shape index (κ2) is 9.81. The third-order valence-corrected chi connectivity index (χ3v) is 6.74. The highest BCUT2D eigenvalue weighted by Gasteiger charge is 2.33. The molecule has 158 valence electrons. The van der Waals surface area contributed by atoms with E-state index in [0.717, 1.165) is 37.9 Å². The van der Waals surface area contributed by atoms with E-state index in [4.69, 9.17) is 0 Å². The Morgan fingerprint density at radius 3 is 2.38 bits per heavy atom. The van der Waals surface area contributed by atoms with E-state index in [1.165, 1.54) is 50.8 Å². The van der Waals surface area contributed by atoms with Gasteiger partial charge in [-0.15, -0.1) is 5.10 Å².